The first-order valence-electron chi connectivity index (χ1n) is 7.32. The molecule has 1 aliphatic rings. The van der Waals surface area contributed by atoms with E-state index in [1.807, 2.05) is 19.1 Å². The standard InChI is InChI=1S/C16H24N2O.ClH/c1-3-13-7-4-6-12(2)16(13)18-15(19)10-9-14-8-5-11-17-14;/h4,6-7,14,17H,3,5,8-11H2,1-2H3,(H,18,19);1H. The summed E-state index contributed by atoms with van der Waals surface area (Å²) in [4.78, 5) is 12.1. The van der Waals surface area contributed by atoms with E-state index in [2.05, 4.69) is 23.6 Å². The van der Waals surface area contributed by atoms with E-state index in [4.69, 9.17) is 0 Å². The molecule has 2 N–H and O–H groups in total. The molecule has 0 radical (unpaired) electrons. The maximum Gasteiger partial charge on any atom is 0.224 e. The SMILES string of the molecule is CCc1cccc(C)c1NC(=O)CCC1CCCN1.Cl. The quantitative estimate of drug-likeness (QED) is 0.874. The van der Waals surface area contributed by atoms with Gasteiger partial charge in [-0.05, 0) is 50.3 Å². The van der Waals surface area contributed by atoms with Gasteiger partial charge in [0, 0.05) is 18.2 Å². The van der Waals surface area contributed by atoms with Crippen molar-refractivity contribution in [1.29, 1.82) is 0 Å². The van der Waals surface area contributed by atoms with Crippen molar-refractivity contribution >= 4 is 24.0 Å². The van der Waals surface area contributed by atoms with Gasteiger partial charge in [0.05, 0.1) is 0 Å². The second-order valence-corrected chi connectivity index (χ2v) is 5.34. The molecule has 20 heavy (non-hydrogen) atoms. The number of halogens is 1. The number of benzene rings is 1. The lowest BCUT2D eigenvalue weighted by atomic mass is 10.0. The van der Waals surface area contributed by atoms with Crippen molar-refractivity contribution < 1.29 is 4.79 Å². The van der Waals surface area contributed by atoms with E-state index in [-0.39, 0.29) is 18.3 Å². The number of carbonyl (C=O) groups excluding carboxylic acids is 1. The first-order valence-corrected chi connectivity index (χ1v) is 7.32. The van der Waals surface area contributed by atoms with Crippen molar-refractivity contribution in [3.8, 4) is 0 Å². The van der Waals surface area contributed by atoms with Crippen molar-refractivity contribution in [2.45, 2.75) is 52.0 Å². The monoisotopic (exact) mass is 296 g/mol. The van der Waals surface area contributed by atoms with E-state index in [0.29, 0.717) is 12.5 Å². The van der Waals surface area contributed by atoms with Crippen molar-refractivity contribution in [2.24, 2.45) is 0 Å². The minimum atomic E-state index is 0. The summed E-state index contributed by atoms with van der Waals surface area (Å²) in [6, 6.07) is 6.72. The largest absolute Gasteiger partial charge is 0.326 e. The molecule has 1 aromatic carbocycles. The smallest absolute Gasteiger partial charge is 0.224 e. The van der Waals surface area contributed by atoms with Gasteiger partial charge in [0.15, 0.2) is 0 Å². The first-order chi connectivity index (χ1) is 9.20. The maximum atomic E-state index is 12.1. The average Bonchev–Trinajstić information content (AvgIpc) is 2.92. The van der Waals surface area contributed by atoms with Gasteiger partial charge >= 0.3 is 0 Å². The molecule has 1 heterocycles. The van der Waals surface area contributed by atoms with Crippen LogP contribution >= 0.6 is 12.4 Å². The van der Waals surface area contributed by atoms with E-state index in [0.717, 1.165) is 30.6 Å². The van der Waals surface area contributed by atoms with Gasteiger partial charge in [0.25, 0.3) is 0 Å². The van der Waals surface area contributed by atoms with Crippen LogP contribution in [0.5, 0.6) is 0 Å². The van der Waals surface area contributed by atoms with E-state index in [9.17, 15) is 4.79 Å². The van der Waals surface area contributed by atoms with Crippen LogP contribution in [0.1, 0.15) is 43.7 Å². The van der Waals surface area contributed by atoms with E-state index in [1.54, 1.807) is 0 Å². The molecular formula is C16H25ClN2O. The van der Waals surface area contributed by atoms with Gasteiger partial charge < -0.3 is 10.6 Å². The van der Waals surface area contributed by atoms with Gasteiger partial charge in [0.2, 0.25) is 5.91 Å². The Labute approximate surface area is 127 Å². The highest BCUT2D eigenvalue weighted by atomic mass is 35.5. The lowest BCUT2D eigenvalue weighted by Crippen LogP contribution is -2.24. The van der Waals surface area contributed by atoms with Crippen molar-refractivity contribution in [3.63, 3.8) is 0 Å². The molecule has 0 spiro atoms. The third-order valence-electron chi connectivity index (χ3n) is 3.89. The van der Waals surface area contributed by atoms with Crippen molar-refractivity contribution in [1.82, 2.24) is 5.32 Å². The minimum absolute atomic E-state index is 0. The Kier molecular flexibility index (Phi) is 7.03. The van der Waals surface area contributed by atoms with Crippen molar-refractivity contribution in [2.75, 3.05) is 11.9 Å². The molecule has 3 nitrogen and oxygen atoms in total. The van der Waals surface area contributed by atoms with Crippen LogP contribution in [0, 0.1) is 6.92 Å². The topological polar surface area (TPSA) is 41.1 Å². The van der Waals surface area contributed by atoms with Crippen molar-refractivity contribution in [3.05, 3.63) is 29.3 Å². The molecule has 0 saturated carbocycles. The first kappa shape index (κ1) is 17.0. The number of hydrogen-bond acceptors (Lipinski definition) is 2. The third-order valence-corrected chi connectivity index (χ3v) is 3.89. The Balaban J connectivity index is 0.00000200. The summed E-state index contributed by atoms with van der Waals surface area (Å²) in [6.45, 7) is 5.27. The number of anilines is 1. The average molecular weight is 297 g/mol. The summed E-state index contributed by atoms with van der Waals surface area (Å²) >= 11 is 0. The molecule has 4 heteroatoms. The second-order valence-electron chi connectivity index (χ2n) is 5.34. The molecular weight excluding hydrogens is 272 g/mol. The number of carbonyl (C=O) groups is 1. The molecule has 0 aromatic heterocycles. The van der Waals surface area contributed by atoms with E-state index >= 15 is 0 Å². The van der Waals surface area contributed by atoms with Crippen LogP contribution in [0.3, 0.4) is 0 Å². The van der Waals surface area contributed by atoms with Crippen LogP contribution in [-0.4, -0.2) is 18.5 Å². The molecule has 2 rings (SSSR count). The lowest BCUT2D eigenvalue weighted by molar-refractivity contribution is -0.116. The number of hydrogen-bond donors (Lipinski definition) is 2. The summed E-state index contributed by atoms with van der Waals surface area (Å²) in [5.41, 5.74) is 3.37. The molecule has 1 fully saturated rings. The fourth-order valence-electron chi connectivity index (χ4n) is 2.71. The van der Waals surface area contributed by atoms with E-state index < -0.39 is 0 Å². The predicted octanol–water partition coefficient (Wildman–Crippen LogP) is 3.45. The van der Waals surface area contributed by atoms with Gasteiger partial charge in [-0.3, -0.25) is 4.79 Å². The Hall–Kier alpha value is -1.06. The Morgan fingerprint density at radius 3 is 2.90 bits per heavy atom. The van der Waals surface area contributed by atoms with Crippen LogP contribution in [0.15, 0.2) is 18.2 Å². The maximum absolute atomic E-state index is 12.1. The molecule has 0 bridgehead atoms. The zero-order valence-electron chi connectivity index (χ0n) is 12.4. The van der Waals surface area contributed by atoms with Crippen LogP contribution in [0.2, 0.25) is 0 Å². The predicted molar refractivity (Wildman–Crippen MR) is 86.7 cm³/mol. The Morgan fingerprint density at radius 1 is 1.45 bits per heavy atom. The molecule has 1 amide bonds. The molecule has 1 aromatic rings. The molecule has 1 unspecified atom stereocenters. The molecule has 0 aliphatic carbocycles. The van der Waals surface area contributed by atoms with Gasteiger partial charge in [0.1, 0.15) is 0 Å². The Bertz CT molecular complexity index is 442. The zero-order valence-corrected chi connectivity index (χ0v) is 13.2. The van der Waals surface area contributed by atoms with Crippen LogP contribution in [0.4, 0.5) is 5.69 Å². The fourth-order valence-corrected chi connectivity index (χ4v) is 2.71. The Morgan fingerprint density at radius 2 is 2.25 bits per heavy atom. The summed E-state index contributed by atoms with van der Waals surface area (Å²) in [7, 11) is 0. The lowest BCUT2D eigenvalue weighted by Gasteiger charge is -2.14. The number of nitrogens with one attached hydrogen (secondary N) is 2. The summed E-state index contributed by atoms with van der Waals surface area (Å²) < 4.78 is 0. The minimum Gasteiger partial charge on any atom is -0.326 e. The van der Waals surface area contributed by atoms with Gasteiger partial charge in [-0.2, -0.15) is 0 Å². The summed E-state index contributed by atoms with van der Waals surface area (Å²) in [5.74, 6) is 0.137. The normalized spacial score (nSPS) is 17.6. The summed E-state index contributed by atoms with van der Waals surface area (Å²) in [5, 5.41) is 6.52. The second kappa shape index (κ2) is 8.28. The number of aryl methyl sites for hydroxylation is 2. The number of amides is 1. The highest BCUT2D eigenvalue weighted by molar-refractivity contribution is 5.92. The van der Waals surface area contributed by atoms with E-state index in [1.165, 1.54) is 18.4 Å². The summed E-state index contributed by atoms with van der Waals surface area (Å²) in [6.07, 6.45) is 4.94. The molecule has 112 valence electrons. The van der Waals surface area contributed by atoms with Gasteiger partial charge in [-0.25, -0.2) is 0 Å². The number of para-hydroxylation sites is 1. The molecule has 1 aliphatic heterocycles. The highest BCUT2D eigenvalue weighted by Crippen LogP contribution is 2.21. The van der Waals surface area contributed by atoms with Crippen LogP contribution in [0.25, 0.3) is 0 Å². The van der Waals surface area contributed by atoms with Crippen LogP contribution in [-0.2, 0) is 11.2 Å². The number of rotatable bonds is 5. The van der Waals surface area contributed by atoms with Gasteiger partial charge in [-0.1, -0.05) is 25.1 Å². The zero-order chi connectivity index (χ0) is 13.7. The molecule has 1 saturated heterocycles. The van der Waals surface area contributed by atoms with Gasteiger partial charge in [-0.15, -0.1) is 12.4 Å². The van der Waals surface area contributed by atoms with Crippen LogP contribution < -0.4 is 10.6 Å². The highest BCUT2D eigenvalue weighted by Gasteiger charge is 2.16. The fraction of sp³-hybridized carbons (Fsp3) is 0.562. The third kappa shape index (κ3) is 4.50. The molecule has 1 atom stereocenters.